The molecule has 8 heteroatoms. The standard InChI is InChI=1S/C16H19N7S/c1-23-16(17-13-5-3-2-4-6-13)24-15(20-23)12-9-7-11(8-10-12)14-18-21-22-19-14/h7-10,13H,2-6H2,1H3,(H,18,19,21,22)/b17-16-. The molecule has 1 saturated carbocycles. The first kappa shape index (κ1) is 15.2. The molecule has 0 aliphatic heterocycles. The number of tetrazole rings is 1. The zero-order valence-electron chi connectivity index (χ0n) is 13.5. The van der Waals surface area contributed by atoms with Gasteiger partial charge in [0.1, 0.15) is 5.01 Å². The van der Waals surface area contributed by atoms with Crippen LogP contribution in [-0.2, 0) is 7.05 Å². The van der Waals surface area contributed by atoms with Gasteiger partial charge in [-0.1, -0.05) is 54.9 Å². The lowest BCUT2D eigenvalue weighted by Crippen LogP contribution is -2.18. The van der Waals surface area contributed by atoms with Crippen molar-refractivity contribution >= 4 is 11.3 Å². The summed E-state index contributed by atoms with van der Waals surface area (Å²) >= 11 is 1.65. The highest BCUT2D eigenvalue weighted by Crippen LogP contribution is 2.23. The van der Waals surface area contributed by atoms with E-state index >= 15 is 0 Å². The minimum absolute atomic E-state index is 0.458. The van der Waals surface area contributed by atoms with Crippen LogP contribution in [0.2, 0.25) is 0 Å². The number of nitrogens with one attached hydrogen (secondary N) is 1. The minimum Gasteiger partial charge on any atom is -0.254 e. The van der Waals surface area contributed by atoms with Crippen molar-refractivity contribution in [3.8, 4) is 22.0 Å². The fourth-order valence-corrected chi connectivity index (χ4v) is 3.96. The van der Waals surface area contributed by atoms with E-state index in [1.807, 2.05) is 36.0 Å². The van der Waals surface area contributed by atoms with E-state index in [1.165, 1.54) is 32.1 Å². The molecule has 1 aromatic carbocycles. The first-order valence-corrected chi connectivity index (χ1v) is 9.04. The summed E-state index contributed by atoms with van der Waals surface area (Å²) in [6.07, 6.45) is 6.34. The van der Waals surface area contributed by atoms with Gasteiger partial charge in [0.25, 0.3) is 0 Å². The lowest BCUT2D eigenvalue weighted by Gasteiger charge is -2.16. The molecule has 7 nitrogen and oxygen atoms in total. The average molecular weight is 341 g/mol. The molecule has 3 aromatic rings. The molecule has 0 radical (unpaired) electrons. The number of hydrogen-bond acceptors (Lipinski definition) is 6. The van der Waals surface area contributed by atoms with Crippen LogP contribution in [0.4, 0.5) is 0 Å². The second-order valence-electron chi connectivity index (χ2n) is 6.06. The molecule has 0 amide bonds. The van der Waals surface area contributed by atoms with Crippen molar-refractivity contribution in [3.05, 3.63) is 29.1 Å². The molecule has 4 rings (SSSR count). The van der Waals surface area contributed by atoms with Crippen molar-refractivity contribution in [2.75, 3.05) is 0 Å². The van der Waals surface area contributed by atoms with Crippen LogP contribution in [0.15, 0.2) is 29.3 Å². The summed E-state index contributed by atoms with van der Waals surface area (Å²) < 4.78 is 1.89. The van der Waals surface area contributed by atoms with E-state index in [4.69, 9.17) is 4.99 Å². The predicted molar refractivity (Wildman–Crippen MR) is 92.1 cm³/mol. The molecule has 0 unspecified atom stereocenters. The third kappa shape index (κ3) is 3.14. The van der Waals surface area contributed by atoms with E-state index in [-0.39, 0.29) is 0 Å². The number of aromatic nitrogens is 6. The molecule has 1 N–H and O–H groups in total. The highest BCUT2D eigenvalue weighted by molar-refractivity contribution is 7.12. The Morgan fingerprint density at radius 3 is 2.58 bits per heavy atom. The molecule has 2 heterocycles. The van der Waals surface area contributed by atoms with Crippen LogP contribution in [0.25, 0.3) is 22.0 Å². The number of hydrogen-bond donors (Lipinski definition) is 1. The quantitative estimate of drug-likeness (QED) is 0.793. The third-order valence-electron chi connectivity index (χ3n) is 4.32. The molecule has 1 fully saturated rings. The monoisotopic (exact) mass is 341 g/mol. The van der Waals surface area contributed by atoms with Gasteiger partial charge in [-0.2, -0.15) is 5.10 Å². The Kier molecular flexibility index (Phi) is 4.20. The smallest absolute Gasteiger partial charge is 0.203 e. The Labute approximate surface area is 143 Å². The highest BCUT2D eigenvalue weighted by Gasteiger charge is 2.13. The Morgan fingerprint density at radius 2 is 1.88 bits per heavy atom. The maximum Gasteiger partial charge on any atom is 0.203 e. The van der Waals surface area contributed by atoms with Crippen LogP contribution in [0.3, 0.4) is 0 Å². The molecule has 0 atom stereocenters. The van der Waals surface area contributed by atoms with E-state index in [0.29, 0.717) is 11.9 Å². The van der Waals surface area contributed by atoms with Crippen LogP contribution >= 0.6 is 11.3 Å². The third-order valence-corrected chi connectivity index (χ3v) is 5.39. The summed E-state index contributed by atoms with van der Waals surface area (Å²) in [5, 5.41) is 19.5. The Morgan fingerprint density at radius 1 is 1.12 bits per heavy atom. The summed E-state index contributed by atoms with van der Waals surface area (Å²) in [5.41, 5.74) is 2.04. The van der Waals surface area contributed by atoms with E-state index in [1.54, 1.807) is 11.3 Å². The second kappa shape index (κ2) is 6.64. The van der Waals surface area contributed by atoms with Crippen LogP contribution < -0.4 is 4.80 Å². The number of rotatable bonds is 3. The van der Waals surface area contributed by atoms with E-state index in [0.717, 1.165) is 20.9 Å². The van der Waals surface area contributed by atoms with Crippen LogP contribution in [0.5, 0.6) is 0 Å². The minimum atomic E-state index is 0.458. The van der Waals surface area contributed by atoms with E-state index in [9.17, 15) is 0 Å². The fraction of sp³-hybridized carbons (Fsp3) is 0.438. The summed E-state index contributed by atoms with van der Waals surface area (Å²) in [5.74, 6) is 0.666. The molecular formula is C16H19N7S. The van der Waals surface area contributed by atoms with Crippen molar-refractivity contribution in [2.45, 2.75) is 38.1 Å². The zero-order chi connectivity index (χ0) is 16.4. The van der Waals surface area contributed by atoms with Crippen molar-refractivity contribution in [3.63, 3.8) is 0 Å². The molecule has 0 bridgehead atoms. The molecule has 24 heavy (non-hydrogen) atoms. The van der Waals surface area contributed by atoms with Gasteiger partial charge in [0, 0.05) is 18.2 Å². The fourth-order valence-electron chi connectivity index (χ4n) is 3.00. The number of aromatic amines is 1. The topological polar surface area (TPSA) is 84.6 Å². The van der Waals surface area contributed by atoms with Gasteiger partial charge in [0.2, 0.25) is 4.80 Å². The van der Waals surface area contributed by atoms with Gasteiger partial charge in [-0.05, 0) is 23.3 Å². The van der Waals surface area contributed by atoms with Crippen molar-refractivity contribution < 1.29 is 0 Å². The number of aryl methyl sites for hydroxylation is 1. The average Bonchev–Trinajstić information content (AvgIpc) is 3.27. The summed E-state index contributed by atoms with van der Waals surface area (Å²) in [4.78, 5) is 5.91. The van der Waals surface area contributed by atoms with E-state index < -0.39 is 0 Å². The second-order valence-corrected chi connectivity index (χ2v) is 7.02. The molecule has 1 aliphatic rings. The Hall–Kier alpha value is -2.35. The molecule has 124 valence electrons. The summed E-state index contributed by atoms with van der Waals surface area (Å²) in [6, 6.07) is 8.54. The van der Waals surface area contributed by atoms with Gasteiger partial charge in [-0.15, -0.1) is 5.10 Å². The molecule has 0 saturated heterocycles. The first-order chi connectivity index (χ1) is 11.8. The van der Waals surface area contributed by atoms with Gasteiger partial charge in [0.05, 0.1) is 6.04 Å². The molecule has 2 aromatic heterocycles. The zero-order valence-corrected chi connectivity index (χ0v) is 14.3. The Bertz CT molecular complexity index is 855. The van der Waals surface area contributed by atoms with Crippen molar-refractivity contribution in [1.82, 2.24) is 30.4 Å². The number of benzene rings is 1. The van der Waals surface area contributed by atoms with Crippen LogP contribution in [0, 0.1) is 0 Å². The van der Waals surface area contributed by atoms with E-state index in [2.05, 4.69) is 25.7 Å². The SMILES string of the molecule is Cn1nc(-c2ccc(-c3nnn[nH]3)cc2)s/c1=N\C1CCCCC1. The molecule has 0 spiro atoms. The van der Waals surface area contributed by atoms with Gasteiger partial charge < -0.3 is 0 Å². The number of nitrogens with zero attached hydrogens (tertiary/aromatic N) is 6. The molecule has 1 aliphatic carbocycles. The summed E-state index contributed by atoms with van der Waals surface area (Å²) in [7, 11) is 1.97. The van der Waals surface area contributed by atoms with Gasteiger partial charge in [-0.25, -0.2) is 9.78 Å². The highest BCUT2D eigenvalue weighted by atomic mass is 32.1. The maximum absolute atomic E-state index is 4.91. The Balaban J connectivity index is 1.60. The normalized spacial score (nSPS) is 16.6. The lowest BCUT2D eigenvalue weighted by atomic mass is 9.96. The van der Waals surface area contributed by atoms with Gasteiger partial charge in [0.15, 0.2) is 5.82 Å². The largest absolute Gasteiger partial charge is 0.254 e. The summed E-state index contributed by atoms with van der Waals surface area (Å²) in [6.45, 7) is 0. The molecular weight excluding hydrogens is 322 g/mol. The maximum atomic E-state index is 4.91. The van der Waals surface area contributed by atoms with Crippen LogP contribution in [-0.4, -0.2) is 36.4 Å². The van der Waals surface area contributed by atoms with Crippen molar-refractivity contribution in [2.24, 2.45) is 12.0 Å². The number of H-pyrrole nitrogens is 1. The first-order valence-electron chi connectivity index (χ1n) is 8.22. The van der Waals surface area contributed by atoms with Crippen LogP contribution in [0.1, 0.15) is 32.1 Å². The lowest BCUT2D eigenvalue weighted by molar-refractivity contribution is 0.434. The predicted octanol–water partition coefficient (Wildman–Crippen LogP) is 2.56. The van der Waals surface area contributed by atoms with Crippen molar-refractivity contribution in [1.29, 1.82) is 0 Å². The van der Waals surface area contributed by atoms with Gasteiger partial charge in [-0.3, -0.25) is 4.99 Å². The van der Waals surface area contributed by atoms with Gasteiger partial charge >= 0.3 is 0 Å².